The normalized spacial score (nSPS) is 19.4. The Morgan fingerprint density at radius 2 is 1.92 bits per heavy atom. The Morgan fingerprint density at radius 3 is 2.56 bits per heavy atom. The number of carbonyl (C=O) groups is 2. The number of nitrogens with zero attached hydrogens (tertiary/aromatic N) is 2. The second-order valence-electron chi connectivity index (χ2n) is 6.63. The van der Waals surface area contributed by atoms with Crippen LogP contribution in [0.1, 0.15) is 19.8 Å². The summed E-state index contributed by atoms with van der Waals surface area (Å²) >= 11 is 6.07. The van der Waals surface area contributed by atoms with Gasteiger partial charge in [0, 0.05) is 32.2 Å². The minimum atomic E-state index is -0.593. The summed E-state index contributed by atoms with van der Waals surface area (Å²) in [5.74, 6) is 0.542. The van der Waals surface area contributed by atoms with E-state index in [9.17, 15) is 9.59 Å². The summed E-state index contributed by atoms with van der Waals surface area (Å²) in [7, 11) is 0. The van der Waals surface area contributed by atoms with Gasteiger partial charge in [-0.15, -0.1) is 0 Å². The molecule has 2 amide bonds. The van der Waals surface area contributed by atoms with Gasteiger partial charge in [-0.25, -0.2) is 0 Å². The zero-order valence-corrected chi connectivity index (χ0v) is 15.2. The Labute approximate surface area is 153 Å². The van der Waals surface area contributed by atoms with Crippen molar-refractivity contribution in [2.45, 2.75) is 31.9 Å². The van der Waals surface area contributed by atoms with Crippen molar-refractivity contribution in [3.8, 4) is 5.75 Å². The minimum Gasteiger partial charge on any atom is -0.479 e. The van der Waals surface area contributed by atoms with Crippen LogP contribution in [0.5, 0.6) is 5.75 Å². The molecule has 136 valence electrons. The summed E-state index contributed by atoms with van der Waals surface area (Å²) in [6.07, 6.45) is 1.60. The third-order valence-electron chi connectivity index (χ3n) is 4.48. The number of amides is 2. The van der Waals surface area contributed by atoms with Gasteiger partial charge < -0.3 is 15.0 Å². The predicted molar refractivity (Wildman–Crippen MR) is 95.7 cm³/mol. The number of ether oxygens (including phenoxy) is 1. The molecule has 0 radical (unpaired) electrons. The number of hydrogen-bond donors (Lipinski definition) is 1. The van der Waals surface area contributed by atoms with E-state index in [4.69, 9.17) is 16.3 Å². The van der Waals surface area contributed by atoms with Gasteiger partial charge in [-0.3, -0.25) is 14.5 Å². The van der Waals surface area contributed by atoms with Crippen LogP contribution in [-0.4, -0.2) is 66.5 Å². The molecule has 1 heterocycles. The first kappa shape index (κ1) is 18.0. The largest absolute Gasteiger partial charge is 0.479 e. The lowest BCUT2D eigenvalue weighted by molar-refractivity contribution is -0.139. The van der Waals surface area contributed by atoms with Crippen LogP contribution >= 0.6 is 11.6 Å². The van der Waals surface area contributed by atoms with Gasteiger partial charge in [0.05, 0.1) is 11.6 Å². The van der Waals surface area contributed by atoms with Crippen molar-refractivity contribution in [1.82, 2.24) is 15.1 Å². The number of benzene rings is 1. The van der Waals surface area contributed by atoms with Crippen LogP contribution in [0.2, 0.25) is 5.02 Å². The highest BCUT2D eigenvalue weighted by Gasteiger charge is 2.28. The van der Waals surface area contributed by atoms with Gasteiger partial charge in [0.1, 0.15) is 5.75 Å². The highest BCUT2D eigenvalue weighted by Crippen LogP contribution is 2.24. The fourth-order valence-electron chi connectivity index (χ4n) is 2.87. The summed E-state index contributed by atoms with van der Waals surface area (Å²) in [4.78, 5) is 28.3. The fraction of sp³-hybridized carbons (Fsp3) is 0.556. The zero-order chi connectivity index (χ0) is 17.8. The molecule has 0 spiro atoms. The molecule has 0 aromatic heterocycles. The van der Waals surface area contributed by atoms with Gasteiger partial charge in [-0.2, -0.15) is 0 Å². The molecule has 2 fully saturated rings. The maximum Gasteiger partial charge on any atom is 0.263 e. The molecule has 1 saturated heterocycles. The van der Waals surface area contributed by atoms with Crippen molar-refractivity contribution in [1.29, 1.82) is 0 Å². The van der Waals surface area contributed by atoms with Crippen LogP contribution < -0.4 is 10.1 Å². The summed E-state index contributed by atoms with van der Waals surface area (Å²) in [6, 6.07) is 7.52. The second-order valence-corrected chi connectivity index (χ2v) is 7.04. The summed E-state index contributed by atoms with van der Waals surface area (Å²) in [6.45, 7) is 4.74. The van der Waals surface area contributed by atoms with Crippen LogP contribution in [0.4, 0.5) is 0 Å². The molecular weight excluding hydrogens is 342 g/mol. The summed E-state index contributed by atoms with van der Waals surface area (Å²) in [5, 5.41) is 3.49. The molecule has 3 rings (SSSR count). The van der Waals surface area contributed by atoms with Gasteiger partial charge >= 0.3 is 0 Å². The van der Waals surface area contributed by atoms with E-state index in [0.29, 0.717) is 49.5 Å². The lowest BCUT2D eigenvalue weighted by atomic mass is 10.2. The number of nitrogens with one attached hydrogen (secondary N) is 1. The van der Waals surface area contributed by atoms with E-state index < -0.39 is 6.10 Å². The average molecular weight is 366 g/mol. The average Bonchev–Trinajstić information content (AvgIpc) is 3.40. The molecule has 25 heavy (non-hydrogen) atoms. The first-order valence-corrected chi connectivity index (χ1v) is 9.12. The molecule has 2 aliphatic rings. The molecule has 1 atom stereocenters. The first-order chi connectivity index (χ1) is 12.0. The van der Waals surface area contributed by atoms with E-state index in [-0.39, 0.29) is 11.8 Å². The van der Waals surface area contributed by atoms with Crippen molar-refractivity contribution in [3.05, 3.63) is 29.3 Å². The van der Waals surface area contributed by atoms with E-state index in [1.807, 2.05) is 12.1 Å². The molecular formula is C18H24ClN3O3. The van der Waals surface area contributed by atoms with E-state index in [0.717, 1.165) is 12.8 Å². The SMILES string of the molecule is CC(Oc1ccccc1Cl)C(=O)N1CCN(CC(=O)NC2CC2)CC1. The van der Waals surface area contributed by atoms with Crippen LogP contribution in [-0.2, 0) is 9.59 Å². The topological polar surface area (TPSA) is 61.9 Å². The Morgan fingerprint density at radius 1 is 1.24 bits per heavy atom. The molecule has 1 unspecified atom stereocenters. The predicted octanol–water partition coefficient (Wildman–Crippen LogP) is 1.53. The van der Waals surface area contributed by atoms with Crippen molar-refractivity contribution < 1.29 is 14.3 Å². The number of hydrogen-bond acceptors (Lipinski definition) is 4. The monoisotopic (exact) mass is 365 g/mol. The molecule has 1 aliphatic heterocycles. The smallest absolute Gasteiger partial charge is 0.263 e. The number of carbonyl (C=O) groups excluding carboxylic acids is 2. The highest BCUT2D eigenvalue weighted by atomic mass is 35.5. The summed E-state index contributed by atoms with van der Waals surface area (Å²) in [5.41, 5.74) is 0. The fourth-order valence-corrected chi connectivity index (χ4v) is 3.05. The van der Waals surface area contributed by atoms with E-state index in [1.165, 1.54) is 0 Å². The minimum absolute atomic E-state index is 0.0537. The molecule has 6 nitrogen and oxygen atoms in total. The Kier molecular flexibility index (Phi) is 5.81. The number of para-hydroxylation sites is 1. The van der Waals surface area contributed by atoms with Crippen molar-refractivity contribution >= 4 is 23.4 Å². The number of halogens is 1. The standard InChI is InChI=1S/C18H24ClN3O3/c1-13(25-16-5-3-2-4-15(16)19)18(24)22-10-8-21(9-11-22)12-17(23)20-14-6-7-14/h2-5,13-14H,6-12H2,1H3,(H,20,23). The van der Waals surface area contributed by atoms with Crippen LogP contribution in [0.3, 0.4) is 0 Å². The van der Waals surface area contributed by atoms with Gasteiger partial charge in [0.2, 0.25) is 5.91 Å². The van der Waals surface area contributed by atoms with E-state index >= 15 is 0 Å². The Balaban J connectivity index is 1.44. The maximum absolute atomic E-state index is 12.6. The second kappa shape index (κ2) is 8.06. The first-order valence-electron chi connectivity index (χ1n) is 8.74. The lowest BCUT2D eigenvalue weighted by Crippen LogP contribution is -2.53. The van der Waals surface area contributed by atoms with Crippen LogP contribution in [0.25, 0.3) is 0 Å². The van der Waals surface area contributed by atoms with E-state index in [2.05, 4.69) is 10.2 Å². The van der Waals surface area contributed by atoms with Crippen molar-refractivity contribution in [2.75, 3.05) is 32.7 Å². The van der Waals surface area contributed by atoms with E-state index in [1.54, 1.807) is 24.0 Å². The van der Waals surface area contributed by atoms with Crippen molar-refractivity contribution in [3.63, 3.8) is 0 Å². The molecule has 1 N–H and O–H groups in total. The van der Waals surface area contributed by atoms with Gasteiger partial charge in [0.15, 0.2) is 6.10 Å². The van der Waals surface area contributed by atoms with Crippen LogP contribution in [0, 0.1) is 0 Å². The maximum atomic E-state index is 12.6. The molecule has 0 bridgehead atoms. The lowest BCUT2D eigenvalue weighted by Gasteiger charge is -2.35. The molecule has 1 saturated carbocycles. The van der Waals surface area contributed by atoms with Crippen LogP contribution in [0.15, 0.2) is 24.3 Å². The molecule has 1 aromatic carbocycles. The van der Waals surface area contributed by atoms with Gasteiger partial charge in [0.25, 0.3) is 5.91 Å². The highest BCUT2D eigenvalue weighted by molar-refractivity contribution is 6.32. The summed E-state index contributed by atoms with van der Waals surface area (Å²) < 4.78 is 5.70. The third kappa shape index (κ3) is 5.09. The van der Waals surface area contributed by atoms with Gasteiger partial charge in [-0.1, -0.05) is 23.7 Å². The Hall–Kier alpha value is -1.79. The molecule has 1 aromatic rings. The number of rotatable bonds is 6. The van der Waals surface area contributed by atoms with Gasteiger partial charge in [-0.05, 0) is 31.9 Å². The molecule has 7 heteroatoms. The Bertz CT molecular complexity index is 628. The third-order valence-corrected chi connectivity index (χ3v) is 4.79. The number of piperazine rings is 1. The molecule has 1 aliphatic carbocycles. The zero-order valence-electron chi connectivity index (χ0n) is 14.4. The quantitative estimate of drug-likeness (QED) is 0.830. The van der Waals surface area contributed by atoms with Crippen molar-refractivity contribution in [2.24, 2.45) is 0 Å².